The van der Waals surface area contributed by atoms with E-state index in [0.717, 1.165) is 22.1 Å². The number of amides is 1. The van der Waals surface area contributed by atoms with Crippen LogP contribution >= 0.6 is 22.9 Å². The zero-order chi connectivity index (χ0) is 12.6. The Balaban J connectivity index is 1.98. The van der Waals surface area contributed by atoms with E-state index in [2.05, 4.69) is 5.32 Å². The number of nitrogens with one attached hydrogen (secondary N) is 1. The number of thiophene rings is 1. The average molecular weight is 273 g/mol. The minimum absolute atomic E-state index is 0.0402. The summed E-state index contributed by atoms with van der Waals surface area (Å²) in [6, 6.07) is 3.73. The van der Waals surface area contributed by atoms with Gasteiger partial charge in [0.15, 0.2) is 0 Å². The van der Waals surface area contributed by atoms with Gasteiger partial charge in [-0.1, -0.05) is 11.6 Å². The number of nitrogens with two attached hydrogens (primary N) is 1. The van der Waals surface area contributed by atoms with Crippen LogP contribution in [0.4, 0.5) is 0 Å². The second-order valence-corrected chi connectivity index (χ2v) is 6.64. The van der Waals surface area contributed by atoms with Gasteiger partial charge in [-0.3, -0.25) is 4.79 Å². The van der Waals surface area contributed by atoms with E-state index in [9.17, 15) is 4.79 Å². The van der Waals surface area contributed by atoms with Gasteiger partial charge in [0.05, 0.1) is 15.9 Å². The van der Waals surface area contributed by atoms with Crippen molar-refractivity contribution in [2.45, 2.75) is 38.3 Å². The predicted octanol–water partition coefficient (Wildman–Crippen LogP) is 2.71. The third-order valence-corrected chi connectivity index (χ3v) is 4.70. The Hall–Kier alpha value is -0.580. The van der Waals surface area contributed by atoms with Crippen molar-refractivity contribution in [1.29, 1.82) is 0 Å². The molecule has 1 amide bonds. The molecule has 2 unspecified atom stereocenters. The van der Waals surface area contributed by atoms with Gasteiger partial charge in [-0.25, -0.2) is 0 Å². The summed E-state index contributed by atoms with van der Waals surface area (Å²) in [5.74, 6) is 0.263. The lowest BCUT2D eigenvalue weighted by Crippen LogP contribution is -2.53. The number of hydrogen-bond acceptors (Lipinski definition) is 3. The second kappa shape index (κ2) is 4.59. The number of carbonyl (C=O) groups excluding carboxylic acids is 1. The molecule has 2 rings (SSSR count). The molecule has 0 aromatic carbocycles. The van der Waals surface area contributed by atoms with E-state index in [-0.39, 0.29) is 11.9 Å². The van der Waals surface area contributed by atoms with Crippen LogP contribution in [-0.2, 0) is 4.79 Å². The number of rotatable bonds is 4. The lowest BCUT2D eigenvalue weighted by molar-refractivity contribution is -0.127. The molecule has 0 saturated heterocycles. The highest BCUT2D eigenvalue weighted by Crippen LogP contribution is 2.38. The fraction of sp³-hybridized carbons (Fsp3) is 0.583. The van der Waals surface area contributed by atoms with Gasteiger partial charge in [0.1, 0.15) is 0 Å². The number of hydrogen-bond donors (Lipinski definition) is 2. The molecule has 0 radical (unpaired) electrons. The lowest BCUT2D eigenvalue weighted by Gasteiger charge is -2.25. The van der Waals surface area contributed by atoms with Gasteiger partial charge in [-0.2, -0.15) is 0 Å². The first kappa shape index (κ1) is 12.9. The molecule has 1 saturated carbocycles. The Bertz CT molecular complexity index is 426. The molecule has 3 N–H and O–H groups in total. The molecule has 1 aliphatic rings. The van der Waals surface area contributed by atoms with E-state index in [1.165, 1.54) is 11.3 Å². The molecule has 3 nitrogen and oxygen atoms in total. The van der Waals surface area contributed by atoms with E-state index in [4.69, 9.17) is 17.3 Å². The maximum absolute atomic E-state index is 12.1. The van der Waals surface area contributed by atoms with E-state index >= 15 is 0 Å². The summed E-state index contributed by atoms with van der Waals surface area (Å²) < 4.78 is 0.735. The molecule has 0 spiro atoms. The number of carbonyl (C=O) groups is 1. The second-order valence-electron chi connectivity index (χ2n) is 4.89. The third-order valence-electron chi connectivity index (χ3n) is 3.28. The summed E-state index contributed by atoms with van der Waals surface area (Å²) in [6.45, 7) is 3.76. The highest BCUT2D eigenvalue weighted by Gasteiger charge is 2.44. The Morgan fingerprint density at radius 1 is 1.65 bits per heavy atom. The van der Waals surface area contributed by atoms with E-state index < -0.39 is 5.54 Å². The maximum Gasteiger partial charge on any atom is 0.240 e. The molecule has 1 heterocycles. The van der Waals surface area contributed by atoms with Gasteiger partial charge in [0, 0.05) is 4.88 Å². The maximum atomic E-state index is 12.1. The van der Waals surface area contributed by atoms with Crippen molar-refractivity contribution in [3.63, 3.8) is 0 Å². The summed E-state index contributed by atoms with van der Waals surface area (Å²) in [5.41, 5.74) is 5.32. The predicted molar refractivity (Wildman–Crippen MR) is 71.2 cm³/mol. The van der Waals surface area contributed by atoms with Crippen molar-refractivity contribution in [2.24, 2.45) is 11.7 Å². The van der Waals surface area contributed by atoms with Crippen LogP contribution in [0.1, 0.15) is 37.6 Å². The number of halogens is 1. The molecule has 0 bridgehead atoms. The van der Waals surface area contributed by atoms with Crippen LogP contribution in [-0.4, -0.2) is 11.4 Å². The topological polar surface area (TPSA) is 55.1 Å². The minimum atomic E-state index is -0.741. The van der Waals surface area contributed by atoms with E-state index in [1.807, 2.05) is 26.0 Å². The van der Waals surface area contributed by atoms with Crippen molar-refractivity contribution in [2.75, 3.05) is 0 Å². The van der Waals surface area contributed by atoms with Crippen molar-refractivity contribution >= 4 is 28.8 Å². The summed E-state index contributed by atoms with van der Waals surface area (Å²) in [7, 11) is 0. The fourth-order valence-electron chi connectivity index (χ4n) is 1.85. The molecule has 94 valence electrons. The first-order valence-electron chi connectivity index (χ1n) is 5.76. The Morgan fingerprint density at radius 2 is 2.29 bits per heavy atom. The molecule has 17 heavy (non-hydrogen) atoms. The fourth-order valence-corrected chi connectivity index (χ4v) is 2.92. The Morgan fingerprint density at radius 3 is 2.76 bits per heavy atom. The molecule has 2 atom stereocenters. The molecule has 1 aliphatic carbocycles. The van der Waals surface area contributed by atoms with Crippen LogP contribution < -0.4 is 11.1 Å². The van der Waals surface area contributed by atoms with Crippen LogP contribution in [0, 0.1) is 5.92 Å². The van der Waals surface area contributed by atoms with Crippen LogP contribution in [0.5, 0.6) is 0 Å². The highest BCUT2D eigenvalue weighted by molar-refractivity contribution is 7.16. The molecule has 1 fully saturated rings. The SMILES string of the molecule is CC(NC(=O)C(C)(N)C1CC1)c1ccc(Cl)s1. The first-order valence-corrected chi connectivity index (χ1v) is 6.96. The van der Waals surface area contributed by atoms with Crippen molar-refractivity contribution in [3.05, 3.63) is 21.3 Å². The summed E-state index contributed by atoms with van der Waals surface area (Å²) in [4.78, 5) is 13.1. The molecule has 1 aromatic rings. The normalized spacial score (nSPS) is 20.7. The van der Waals surface area contributed by atoms with Gasteiger partial charge >= 0.3 is 0 Å². The zero-order valence-electron chi connectivity index (χ0n) is 10.00. The highest BCUT2D eigenvalue weighted by atomic mass is 35.5. The van der Waals surface area contributed by atoms with Crippen molar-refractivity contribution in [3.8, 4) is 0 Å². The van der Waals surface area contributed by atoms with Crippen LogP contribution in [0.15, 0.2) is 12.1 Å². The lowest BCUT2D eigenvalue weighted by atomic mass is 9.96. The monoisotopic (exact) mass is 272 g/mol. The van der Waals surface area contributed by atoms with E-state index in [0.29, 0.717) is 5.92 Å². The Labute approximate surface area is 110 Å². The van der Waals surface area contributed by atoms with Gasteiger partial charge in [0.2, 0.25) is 5.91 Å². The largest absolute Gasteiger partial charge is 0.347 e. The average Bonchev–Trinajstić information content (AvgIpc) is 3.02. The van der Waals surface area contributed by atoms with E-state index in [1.54, 1.807) is 0 Å². The zero-order valence-corrected chi connectivity index (χ0v) is 11.6. The molecule has 1 aromatic heterocycles. The summed E-state index contributed by atoms with van der Waals surface area (Å²) in [5, 5.41) is 2.96. The smallest absolute Gasteiger partial charge is 0.240 e. The van der Waals surface area contributed by atoms with Crippen molar-refractivity contribution in [1.82, 2.24) is 5.32 Å². The van der Waals surface area contributed by atoms with Crippen LogP contribution in [0.3, 0.4) is 0 Å². The van der Waals surface area contributed by atoms with Crippen molar-refractivity contribution < 1.29 is 4.79 Å². The van der Waals surface area contributed by atoms with Gasteiger partial charge < -0.3 is 11.1 Å². The molecular weight excluding hydrogens is 256 g/mol. The van der Waals surface area contributed by atoms with Gasteiger partial charge in [0.25, 0.3) is 0 Å². The standard InChI is InChI=1S/C12H17ClN2OS/c1-7(9-5-6-10(13)17-9)15-11(16)12(2,14)8-3-4-8/h5-8H,3-4,14H2,1-2H3,(H,15,16). The molecule has 0 aliphatic heterocycles. The molecule has 5 heteroatoms. The van der Waals surface area contributed by atoms with Gasteiger partial charge in [-0.05, 0) is 44.7 Å². The van der Waals surface area contributed by atoms with Gasteiger partial charge in [-0.15, -0.1) is 11.3 Å². The summed E-state index contributed by atoms with van der Waals surface area (Å²) >= 11 is 7.35. The van der Waals surface area contributed by atoms with Crippen LogP contribution in [0.25, 0.3) is 0 Å². The summed E-state index contributed by atoms with van der Waals surface area (Å²) in [6.07, 6.45) is 2.11. The first-order chi connectivity index (χ1) is 7.91. The Kier molecular flexibility index (Phi) is 3.48. The third kappa shape index (κ3) is 2.81. The molecular formula is C12H17ClN2OS. The van der Waals surface area contributed by atoms with Crippen LogP contribution in [0.2, 0.25) is 4.34 Å². The quantitative estimate of drug-likeness (QED) is 0.885. The minimum Gasteiger partial charge on any atom is -0.347 e.